The number of hydrogen-bond donors (Lipinski definition) is 0. The molecule has 112 valence electrons. The van der Waals surface area contributed by atoms with E-state index in [9.17, 15) is 4.79 Å². The third kappa shape index (κ3) is 2.80. The number of rotatable bonds is 4. The van der Waals surface area contributed by atoms with E-state index in [1.54, 1.807) is 11.4 Å². The summed E-state index contributed by atoms with van der Waals surface area (Å²) in [6.45, 7) is 1.78. The minimum absolute atomic E-state index is 0.279. The normalized spacial score (nSPS) is 12.3. The quantitative estimate of drug-likeness (QED) is 0.544. The summed E-state index contributed by atoms with van der Waals surface area (Å²) in [5, 5.41) is 13.2. The van der Waals surface area contributed by atoms with Crippen molar-refractivity contribution in [2.75, 3.05) is 7.11 Å². The lowest BCUT2D eigenvalue weighted by atomic mass is 10.2. The van der Waals surface area contributed by atoms with Gasteiger partial charge in [0.05, 0.1) is 7.11 Å². The zero-order chi connectivity index (χ0) is 15.5. The molecular weight excluding hydrogens is 300 g/mol. The predicted octanol–water partition coefficient (Wildman–Crippen LogP) is 2.44. The van der Waals surface area contributed by atoms with Gasteiger partial charge in [-0.1, -0.05) is 42.1 Å². The second-order valence-electron chi connectivity index (χ2n) is 4.61. The van der Waals surface area contributed by atoms with Gasteiger partial charge in [-0.25, -0.2) is 0 Å². The Morgan fingerprint density at radius 3 is 2.68 bits per heavy atom. The third-order valence-electron chi connectivity index (χ3n) is 3.10. The van der Waals surface area contributed by atoms with E-state index >= 15 is 0 Å². The van der Waals surface area contributed by atoms with Gasteiger partial charge in [0.25, 0.3) is 0 Å². The van der Waals surface area contributed by atoms with Gasteiger partial charge in [-0.05, 0) is 19.1 Å². The monoisotopic (exact) mass is 314 g/mol. The molecule has 3 aromatic rings. The first kappa shape index (κ1) is 14.5. The predicted molar refractivity (Wildman–Crippen MR) is 83.6 cm³/mol. The Labute approximate surface area is 131 Å². The lowest BCUT2D eigenvalue weighted by Gasteiger charge is -2.08. The Morgan fingerprint density at radius 2 is 1.95 bits per heavy atom. The van der Waals surface area contributed by atoms with Crippen molar-refractivity contribution in [3.05, 3.63) is 42.5 Å². The van der Waals surface area contributed by atoms with Crippen LogP contribution >= 0.6 is 11.8 Å². The number of carbonyl (C=O) groups is 1. The highest BCUT2D eigenvalue weighted by Crippen LogP contribution is 2.23. The van der Waals surface area contributed by atoms with E-state index in [-0.39, 0.29) is 11.2 Å². The van der Waals surface area contributed by atoms with Gasteiger partial charge in [0, 0.05) is 5.56 Å². The van der Waals surface area contributed by atoms with Crippen molar-refractivity contribution >= 4 is 23.4 Å². The van der Waals surface area contributed by atoms with Crippen LogP contribution in [0.15, 0.2) is 47.5 Å². The van der Waals surface area contributed by atoms with Crippen LogP contribution < -0.4 is 0 Å². The van der Waals surface area contributed by atoms with Crippen LogP contribution in [0.2, 0.25) is 0 Å². The number of hydrogen-bond acceptors (Lipinski definition) is 6. The maximum absolute atomic E-state index is 11.5. The smallest absolute Gasteiger partial charge is 0.318 e. The molecule has 0 saturated carbocycles. The highest BCUT2D eigenvalue weighted by atomic mass is 32.2. The summed E-state index contributed by atoms with van der Waals surface area (Å²) < 4.78 is 6.41. The summed E-state index contributed by atoms with van der Waals surface area (Å²) in [6.07, 6.45) is 0. The molecular formula is C15H14N4O2S. The van der Waals surface area contributed by atoms with Gasteiger partial charge in [0.15, 0.2) is 11.5 Å². The molecule has 0 spiro atoms. The van der Waals surface area contributed by atoms with E-state index < -0.39 is 0 Å². The summed E-state index contributed by atoms with van der Waals surface area (Å²) in [5.41, 5.74) is 1.60. The molecule has 3 rings (SSSR count). The molecule has 6 nitrogen and oxygen atoms in total. The molecule has 0 radical (unpaired) electrons. The van der Waals surface area contributed by atoms with Gasteiger partial charge >= 0.3 is 5.97 Å². The van der Waals surface area contributed by atoms with Gasteiger partial charge < -0.3 is 4.74 Å². The zero-order valence-corrected chi connectivity index (χ0v) is 12.9. The van der Waals surface area contributed by atoms with Crippen molar-refractivity contribution in [3.63, 3.8) is 0 Å². The van der Waals surface area contributed by atoms with Crippen molar-refractivity contribution in [1.29, 1.82) is 0 Å². The lowest BCUT2D eigenvalue weighted by Crippen LogP contribution is -2.15. The van der Waals surface area contributed by atoms with Crippen LogP contribution in [-0.2, 0) is 9.53 Å². The van der Waals surface area contributed by atoms with E-state index in [0.29, 0.717) is 16.5 Å². The van der Waals surface area contributed by atoms with Gasteiger partial charge in [-0.15, -0.1) is 10.2 Å². The standard InChI is InChI=1S/C15H14N4O2S/c1-10(15(20)21-2)22-13-9-8-12-16-17-14(19(12)18-13)11-6-4-3-5-7-11/h3-10H,1-2H3/t10-/m1/s1. The molecule has 0 aliphatic heterocycles. The van der Waals surface area contributed by atoms with E-state index in [1.807, 2.05) is 42.5 Å². The molecule has 0 amide bonds. The van der Waals surface area contributed by atoms with Crippen molar-refractivity contribution in [3.8, 4) is 11.4 Å². The topological polar surface area (TPSA) is 69.4 Å². The van der Waals surface area contributed by atoms with Crippen LogP contribution in [0.4, 0.5) is 0 Å². The zero-order valence-electron chi connectivity index (χ0n) is 12.1. The van der Waals surface area contributed by atoms with Crippen LogP contribution in [0, 0.1) is 0 Å². The molecule has 2 heterocycles. The molecule has 0 unspecified atom stereocenters. The average Bonchev–Trinajstić information content (AvgIpc) is 2.98. The SMILES string of the molecule is COC(=O)[C@@H](C)Sc1ccc2nnc(-c3ccccc3)n2n1. The summed E-state index contributed by atoms with van der Waals surface area (Å²) in [4.78, 5) is 11.5. The average molecular weight is 314 g/mol. The van der Waals surface area contributed by atoms with Crippen molar-refractivity contribution in [1.82, 2.24) is 19.8 Å². The Morgan fingerprint density at radius 1 is 1.18 bits per heavy atom. The van der Waals surface area contributed by atoms with Crippen LogP contribution in [0.25, 0.3) is 17.0 Å². The fourth-order valence-electron chi connectivity index (χ4n) is 2.00. The molecule has 1 atom stereocenters. The number of carbonyl (C=O) groups excluding carboxylic acids is 1. The highest BCUT2D eigenvalue weighted by Gasteiger charge is 2.17. The molecule has 2 aromatic heterocycles. The molecule has 1 aromatic carbocycles. The van der Waals surface area contributed by atoms with Gasteiger partial charge in [0.2, 0.25) is 0 Å². The summed E-state index contributed by atoms with van der Waals surface area (Å²) >= 11 is 1.34. The first-order valence-electron chi connectivity index (χ1n) is 6.71. The van der Waals surface area contributed by atoms with Crippen LogP contribution in [0.5, 0.6) is 0 Å². The fourth-order valence-corrected chi connectivity index (χ4v) is 2.83. The fraction of sp³-hybridized carbons (Fsp3) is 0.200. The molecule has 0 bridgehead atoms. The van der Waals surface area contributed by atoms with Gasteiger partial charge in [0.1, 0.15) is 10.3 Å². The van der Waals surface area contributed by atoms with E-state index in [2.05, 4.69) is 15.3 Å². The Kier molecular flexibility index (Phi) is 4.06. The third-order valence-corrected chi connectivity index (χ3v) is 4.11. The number of nitrogens with zero attached hydrogens (tertiary/aromatic N) is 4. The molecule has 22 heavy (non-hydrogen) atoms. The number of ether oxygens (including phenoxy) is 1. The summed E-state index contributed by atoms with van der Waals surface area (Å²) in [5.74, 6) is 0.391. The Balaban J connectivity index is 1.97. The van der Waals surface area contributed by atoms with E-state index in [4.69, 9.17) is 4.74 Å². The molecule has 0 aliphatic carbocycles. The molecule has 7 heteroatoms. The highest BCUT2D eigenvalue weighted by molar-refractivity contribution is 8.00. The number of fused-ring (bicyclic) bond motifs is 1. The lowest BCUT2D eigenvalue weighted by molar-refractivity contribution is -0.139. The van der Waals surface area contributed by atoms with Gasteiger partial charge in [-0.3, -0.25) is 4.79 Å². The molecule has 0 fully saturated rings. The van der Waals surface area contributed by atoms with Crippen LogP contribution in [0.3, 0.4) is 0 Å². The number of aromatic nitrogens is 4. The second kappa shape index (κ2) is 6.15. The Hall–Kier alpha value is -2.41. The Bertz CT molecular complexity index is 804. The number of esters is 1. The minimum Gasteiger partial charge on any atom is -0.468 e. The molecule has 0 N–H and O–H groups in total. The summed E-state index contributed by atoms with van der Waals surface area (Å²) in [7, 11) is 1.38. The maximum Gasteiger partial charge on any atom is 0.318 e. The maximum atomic E-state index is 11.5. The van der Waals surface area contributed by atoms with Crippen LogP contribution in [-0.4, -0.2) is 38.1 Å². The minimum atomic E-state index is -0.327. The molecule has 0 aliphatic rings. The first-order valence-corrected chi connectivity index (χ1v) is 7.59. The van der Waals surface area contributed by atoms with Gasteiger partial charge in [-0.2, -0.15) is 9.61 Å². The summed E-state index contributed by atoms with van der Waals surface area (Å²) in [6, 6.07) is 13.4. The van der Waals surface area contributed by atoms with Crippen LogP contribution in [0.1, 0.15) is 6.92 Å². The number of thioether (sulfide) groups is 1. The molecule has 0 saturated heterocycles. The first-order chi connectivity index (χ1) is 10.7. The van der Waals surface area contributed by atoms with Crippen molar-refractivity contribution in [2.45, 2.75) is 17.2 Å². The van der Waals surface area contributed by atoms with Crippen molar-refractivity contribution < 1.29 is 9.53 Å². The second-order valence-corrected chi connectivity index (χ2v) is 5.98. The number of benzene rings is 1. The van der Waals surface area contributed by atoms with E-state index in [0.717, 1.165) is 5.56 Å². The largest absolute Gasteiger partial charge is 0.468 e. The number of methoxy groups -OCH3 is 1. The van der Waals surface area contributed by atoms with Crippen molar-refractivity contribution in [2.24, 2.45) is 0 Å². The van der Waals surface area contributed by atoms with E-state index in [1.165, 1.54) is 18.9 Å².